The normalized spacial score (nSPS) is 19.5. The van der Waals surface area contributed by atoms with Crippen LogP contribution in [0.3, 0.4) is 0 Å². The number of methoxy groups -OCH3 is 1. The molecule has 2 atom stereocenters. The van der Waals surface area contributed by atoms with Crippen molar-refractivity contribution in [3.8, 4) is 0 Å². The topological polar surface area (TPSA) is 83.9 Å². The first-order valence-electron chi connectivity index (χ1n) is 14.9. The third-order valence-corrected chi connectivity index (χ3v) is 8.53. The maximum absolute atomic E-state index is 12.0. The van der Waals surface area contributed by atoms with Gasteiger partial charge in [-0.25, -0.2) is 13.8 Å². The van der Waals surface area contributed by atoms with Crippen molar-refractivity contribution in [1.82, 2.24) is 9.88 Å². The molecule has 0 bridgehead atoms. The number of pyridine rings is 1. The van der Waals surface area contributed by atoms with E-state index in [0.717, 1.165) is 86.4 Å². The summed E-state index contributed by atoms with van der Waals surface area (Å²) in [6.45, 7) is 7.22. The van der Waals surface area contributed by atoms with E-state index in [0.29, 0.717) is 19.4 Å². The van der Waals surface area contributed by atoms with E-state index in [9.17, 15) is 18.7 Å². The number of aromatic nitrogens is 1. The number of fused-ring (bicyclic) bond motifs is 2. The molecule has 0 amide bonds. The number of nitrogens with one attached hydrogen (secondary N) is 1. The number of likely N-dealkylation sites (tertiary alicyclic amines) is 1. The van der Waals surface area contributed by atoms with Gasteiger partial charge in [0.05, 0.1) is 18.3 Å². The van der Waals surface area contributed by atoms with E-state index in [-0.39, 0.29) is 12.5 Å². The average molecular weight is 574 g/mol. The van der Waals surface area contributed by atoms with Gasteiger partial charge in [0.15, 0.2) is 0 Å². The molecule has 2 aromatic rings. The maximum atomic E-state index is 12.0. The third kappa shape index (κ3) is 8.23. The van der Waals surface area contributed by atoms with E-state index in [2.05, 4.69) is 21.3 Å². The molecule has 4 heterocycles. The number of halogens is 2. The largest absolute Gasteiger partial charge is 0.480 e. The summed E-state index contributed by atoms with van der Waals surface area (Å²) in [5, 5.41) is 13.1. The van der Waals surface area contributed by atoms with Crippen LogP contribution in [-0.2, 0) is 40.1 Å². The van der Waals surface area contributed by atoms with Crippen LogP contribution in [0.1, 0.15) is 86.4 Å². The van der Waals surface area contributed by atoms with Gasteiger partial charge in [-0.15, -0.1) is 0 Å². The van der Waals surface area contributed by atoms with Crippen LogP contribution in [0.15, 0.2) is 30.3 Å². The van der Waals surface area contributed by atoms with Gasteiger partial charge in [-0.3, -0.25) is 9.69 Å². The molecule has 5 rings (SSSR count). The van der Waals surface area contributed by atoms with Crippen molar-refractivity contribution in [2.75, 3.05) is 32.1 Å². The molecule has 1 saturated heterocycles. The number of alkyl halides is 2. The van der Waals surface area contributed by atoms with Gasteiger partial charge in [-0.2, -0.15) is 0 Å². The van der Waals surface area contributed by atoms with Crippen molar-refractivity contribution >= 4 is 11.8 Å². The number of hydrogen-bond acceptors (Lipinski definition) is 6. The Bertz CT molecular complexity index is 1150. The standard InChI is InChI=1S/C19H27NO4.C13H18F2N2/c1-19(2,23-3)16-11-15-13(12-24-16)7-6-8-14(15)17(18(21)22)20-9-4-5-10-20;14-12(15)6-2-1-5-11-8-7-10-4-3-9-16-13(10)17-11/h6-8,16-17H,4-5,9-12H2,1-3H3,(H,21,22);7-8,12H,1-6,9H2,(H,16,17). The fourth-order valence-electron chi connectivity index (χ4n) is 5.91. The molecule has 3 aliphatic heterocycles. The Kier molecular flexibility index (Phi) is 11.1. The van der Waals surface area contributed by atoms with Crippen molar-refractivity contribution in [1.29, 1.82) is 0 Å². The van der Waals surface area contributed by atoms with E-state index < -0.39 is 24.0 Å². The Hall–Kier alpha value is -2.62. The van der Waals surface area contributed by atoms with Crippen LogP contribution in [-0.4, -0.2) is 65.8 Å². The molecule has 1 fully saturated rings. The summed E-state index contributed by atoms with van der Waals surface area (Å²) in [6.07, 6.45) is 4.97. The Labute approximate surface area is 242 Å². The highest BCUT2D eigenvalue weighted by Crippen LogP contribution is 2.35. The van der Waals surface area contributed by atoms with Crippen molar-refractivity contribution in [2.45, 2.75) is 102 Å². The second-order valence-corrected chi connectivity index (χ2v) is 11.8. The number of aryl methyl sites for hydroxylation is 2. The van der Waals surface area contributed by atoms with E-state index in [1.807, 2.05) is 38.1 Å². The summed E-state index contributed by atoms with van der Waals surface area (Å²) in [7, 11) is 1.69. The van der Waals surface area contributed by atoms with Crippen LogP contribution in [0.5, 0.6) is 0 Å². The first-order chi connectivity index (χ1) is 19.7. The fourth-order valence-corrected chi connectivity index (χ4v) is 5.91. The SMILES string of the molecule is COC(C)(C)C1Cc2c(cccc2C(C(=O)O)N2CCCC2)CO1.FC(F)CCCCc1ccc2c(n1)NCCC2. The number of carbonyl (C=O) groups is 1. The number of nitrogens with zero attached hydrogens (tertiary/aromatic N) is 2. The predicted molar refractivity (Wildman–Crippen MR) is 156 cm³/mol. The van der Waals surface area contributed by atoms with Gasteiger partial charge >= 0.3 is 5.97 Å². The lowest BCUT2D eigenvalue weighted by Gasteiger charge is -2.38. The average Bonchev–Trinajstić information content (AvgIpc) is 3.49. The van der Waals surface area contributed by atoms with Gasteiger partial charge in [0, 0.05) is 32.2 Å². The van der Waals surface area contributed by atoms with Crippen LogP contribution >= 0.6 is 0 Å². The van der Waals surface area contributed by atoms with Crippen molar-refractivity contribution in [3.63, 3.8) is 0 Å². The molecule has 0 aliphatic carbocycles. The van der Waals surface area contributed by atoms with E-state index >= 15 is 0 Å². The van der Waals surface area contributed by atoms with Gasteiger partial charge < -0.3 is 19.9 Å². The number of aliphatic carboxylic acids is 1. The van der Waals surface area contributed by atoms with Crippen LogP contribution in [0.4, 0.5) is 14.6 Å². The van der Waals surface area contributed by atoms with E-state index in [4.69, 9.17) is 9.47 Å². The monoisotopic (exact) mass is 573 g/mol. The molecule has 7 nitrogen and oxygen atoms in total. The van der Waals surface area contributed by atoms with Crippen LogP contribution in [0.25, 0.3) is 0 Å². The number of benzene rings is 1. The van der Waals surface area contributed by atoms with Crippen molar-refractivity contribution in [2.24, 2.45) is 0 Å². The zero-order valence-corrected chi connectivity index (χ0v) is 24.6. The highest BCUT2D eigenvalue weighted by atomic mass is 19.3. The molecule has 2 unspecified atom stereocenters. The predicted octanol–water partition coefficient (Wildman–Crippen LogP) is 6.19. The number of anilines is 1. The molecule has 0 radical (unpaired) electrons. The number of carboxylic acid groups (broad SMARTS) is 1. The number of rotatable bonds is 10. The maximum Gasteiger partial charge on any atom is 0.325 e. The molecular weight excluding hydrogens is 528 g/mol. The summed E-state index contributed by atoms with van der Waals surface area (Å²) in [5.74, 6) is 0.224. The fraction of sp³-hybridized carbons (Fsp3) is 0.625. The molecule has 0 spiro atoms. The summed E-state index contributed by atoms with van der Waals surface area (Å²) in [5.41, 5.74) is 5.01. The Balaban J connectivity index is 0.000000201. The minimum atomic E-state index is -2.17. The number of ether oxygens (including phenoxy) is 2. The van der Waals surface area contributed by atoms with Gasteiger partial charge in [-0.05, 0) is 100 Å². The van der Waals surface area contributed by atoms with E-state index in [1.54, 1.807) is 7.11 Å². The molecule has 1 aromatic carbocycles. The molecule has 226 valence electrons. The molecule has 0 saturated carbocycles. The smallest absolute Gasteiger partial charge is 0.325 e. The molecule has 2 N–H and O–H groups in total. The summed E-state index contributed by atoms with van der Waals surface area (Å²) in [4.78, 5) is 18.6. The van der Waals surface area contributed by atoms with Gasteiger partial charge in [-0.1, -0.05) is 24.3 Å². The lowest BCUT2D eigenvalue weighted by atomic mass is 9.85. The van der Waals surface area contributed by atoms with Crippen LogP contribution in [0, 0.1) is 0 Å². The summed E-state index contributed by atoms with van der Waals surface area (Å²) >= 11 is 0. The summed E-state index contributed by atoms with van der Waals surface area (Å²) < 4.78 is 35.5. The first-order valence-corrected chi connectivity index (χ1v) is 14.9. The van der Waals surface area contributed by atoms with Gasteiger partial charge in [0.25, 0.3) is 0 Å². The highest BCUT2D eigenvalue weighted by Gasteiger charge is 2.37. The first kappa shape index (κ1) is 31.3. The van der Waals surface area contributed by atoms with Gasteiger partial charge in [0.1, 0.15) is 11.9 Å². The molecular formula is C32H45F2N3O4. The zero-order valence-electron chi connectivity index (χ0n) is 24.6. The lowest BCUT2D eigenvalue weighted by Crippen LogP contribution is -2.44. The molecule has 41 heavy (non-hydrogen) atoms. The molecule has 1 aromatic heterocycles. The summed E-state index contributed by atoms with van der Waals surface area (Å²) in [6, 6.07) is 9.53. The number of carboxylic acids is 1. The quantitative estimate of drug-likeness (QED) is 0.328. The van der Waals surface area contributed by atoms with Crippen molar-refractivity contribution < 1.29 is 28.2 Å². The van der Waals surface area contributed by atoms with Crippen molar-refractivity contribution in [3.05, 3.63) is 58.3 Å². The molecule has 9 heteroatoms. The number of hydrogen-bond donors (Lipinski definition) is 2. The second kappa shape index (κ2) is 14.5. The zero-order chi connectivity index (χ0) is 29.4. The minimum Gasteiger partial charge on any atom is -0.480 e. The molecule has 3 aliphatic rings. The third-order valence-electron chi connectivity index (χ3n) is 8.53. The van der Waals surface area contributed by atoms with E-state index in [1.165, 1.54) is 5.56 Å². The second-order valence-electron chi connectivity index (χ2n) is 11.8. The Morgan fingerprint density at radius 2 is 1.95 bits per heavy atom. The van der Waals surface area contributed by atoms with Crippen LogP contribution in [0.2, 0.25) is 0 Å². The minimum absolute atomic E-state index is 0.00317. The Morgan fingerprint density at radius 3 is 2.66 bits per heavy atom. The highest BCUT2D eigenvalue weighted by molar-refractivity contribution is 5.76. The Morgan fingerprint density at radius 1 is 1.17 bits per heavy atom. The number of unbranched alkanes of at least 4 members (excludes halogenated alkanes) is 1. The lowest BCUT2D eigenvalue weighted by molar-refractivity contribution is -0.143. The van der Waals surface area contributed by atoms with Crippen LogP contribution < -0.4 is 5.32 Å². The van der Waals surface area contributed by atoms with Gasteiger partial charge in [0.2, 0.25) is 6.43 Å².